The van der Waals surface area contributed by atoms with Gasteiger partial charge in [-0.15, -0.1) is 0 Å². The summed E-state index contributed by atoms with van der Waals surface area (Å²) in [6.07, 6.45) is 3.00. The molecule has 3 rings (SSSR count). The molecule has 1 amide bonds. The van der Waals surface area contributed by atoms with Crippen LogP contribution in [-0.4, -0.2) is 32.7 Å². The van der Waals surface area contributed by atoms with Gasteiger partial charge >= 0.3 is 5.97 Å². The van der Waals surface area contributed by atoms with Crippen molar-refractivity contribution in [2.24, 2.45) is 0 Å². The molecule has 0 atom stereocenters. The minimum Gasteiger partial charge on any atom is -0.456 e. The summed E-state index contributed by atoms with van der Waals surface area (Å²) in [6, 6.07) is 6.46. The van der Waals surface area contributed by atoms with Crippen molar-refractivity contribution in [2.45, 2.75) is 26.4 Å². The summed E-state index contributed by atoms with van der Waals surface area (Å²) in [5.74, 6) is -1.18. The van der Waals surface area contributed by atoms with Crippen LogP contribution in [0.3, 0.4) is 0 Å². The predicted octanol–water partition coefficient (Wildman–Crippen LogP) is 3.82. The second-order valence-electron chi connectivity index (χ2n) is 6.61. The number of aromatic amines is 1. The number of nitrogens with one attached hydrogen (secondary N) is 2. The fourth-order valence-corrected chi connectivity index (χ4v) is 2.61. The molecule has 8 heteroatoms. The summed E-state index contributed by atoms with van der Waals surface area (Å²) in [6.45, 7) is 5.25. The number of fused-ring (bicyclic) bond motifs is 1. The van der Waals surface area contributed by atoms with Gasteiger partial charge < -0.3 is 10.1 Å². The van der Waals surface area contributed by atoms with Crippen molar-refractivity contribution < 1.29 is 14.3 Å². The van der Waals surface area contributed by atoms with E-state index in [1.54, 1.807) is 45.2 Å². The van der Waals surface area contributed by atoms with Crippen molar-refractivity contribution in [1.82, 2.24) is 15.2 Å². The molecule has 3 aromatic rings. The van der Waals surface area contributed by atoms with Gasteiger partial charge in [0.1, 0.15) is 11.3 Å². The highest BCUT2D eigenvalue weighted by atomic mass is 35.5. The van der Waals surface area contributed by atoms with Crippen LogP contribution in [0, 0.1) is 0 Å². The molecule has 0 spiro atoms. The summed E-state index contributed by atoms with van der Waals surface area (Å²) >= 11 is 6.32. The molecular formula is C18H17ClN4O3. The Morgan fingerprint density at radius 3 is 2.73 bits per heavy atom. The maximum Gasteiger partial charge on any atom is 0.341 e. The van der Waals surface area contributed by atoms with E-state index in [-0.39, 0.29) is 11.3 Å². The molecule has 2 N–H and O–H groups in total. The maximum absolute atomic E-state index is 12.7. The number of carbonyl (C=O) groups is 2. The van der Waals surface area contributed by atoms with Crippen LogP contribution in [0.4, 0.5) is 5.69 Å². The SMILES string of the molecule is CC(C)(C)OC(=O)c1cccnc1C(=O)Nc1ccc2[nH]ncc2c1Cl. The molecule has 1 aromatic carbocycles. The van der Waals surface area contributed by atoms with Gasteiger partial charge in [-0.1, -0.05) is 11.6 Å². The first-order valence-electron chi connectivity index (χ1n) is 7.87. The first kappa shape index (κ1) is 17.9. The van der Waals surface area contributed by atoms with Crippen LogP contribution < -0.4 is 5.32 Å². The Balaban J connectivity index is 1.90. The Bertz CT molecular complexity index is 992. The van der Waals surface area contributed by atoms with Gasteiger partial charge in [-0.2, -0.15) is 5.10 Å². The maximum atomic E-state index is 12.7. The fourth-order valence-electron chi connectivity index (χ4n) is 2.35. The number of pyridine rings is 1. The zero-order valence-corrected chi connectivity index (χ0v) is 15.2. The highest BCUT2D eigenvalue weighted by Gasteiger charge is 2.24. The molecule has 2 aromatic heterocycles. The zero-order valence-electron chi connectivity index (χ0n) is 14.5. The molecule has 0 aliphatic heterocycles. The van der Waals surface area contributed by atoms with Crippen LogP contribution in [0.2, 0.25) is 5.02 Å². The van der Waals surface area contributed by atoms with Gasteiger partial charge in [0.05, 0.1) is 28.0 Å². The second-order valence-corrected chi connectivity index (χ2v) is 6.99. The van der Waals surface area contributed by atoms with Crippen molar-refractivity contribution >= 4 is 40.1 Å². The number of rotatable bonds is 3. The minimum absolute atomic E-state index is 0.0369. The van der Waals surface area contributed by atoms with E-state index < -0.39 is 17.5 Å². The molecule has 0 radical (unpaired) electrons. The fraction of sp³-hybridized carbons (Fsp3) is 0.222. The largest absolute Gasteiger partial charge is 0.456 e. The number of carbonyl (C=O) groups excluding carboxylic acids is 2. The molecule has 0 aliphatic rings. The Hall–Kier alpha value is -2.93. The normalized spacial score (nSPS) is 11.4. The van der Waals surface area contributed by atoms with Gasteiger partial charge in [0.2, 0.25) is 0 Å². The first-order valence-corrected chi connectivity index (χ1v) is 8.25. The van der Waals surface area contributed by atoms with E-state index in [4.69, 9.17) is 16.3 Å². The summed E-state index contributed by atoms with van der Waals surface area (Å²) < 4.78 is 5.34. The lowest BCUT2D eigenvalue weighted by Gasteiger charge is -2.20. The molecule has 26 heavy (non-hydrogen) atoms. The van der Waals surface area contributed by atoms with Crippen molar-refractivity contribution in [3.8, 4) is 0 Å². The molecular weight excluding hydrogens is 356 g/mol. The summed E-state index contributed by atoms with van der Waals surface area (Å²) in [4.78, 5) is 29.1. The number of H-pyrrole nitrogens is 1. The second kappa shape index (κ2) is 6.76. The van der Waals surface area contributed by atoms with Gasteiger partial charge in [0.15, 0.2) is 0 Å². The van der Waals surface area contributed by atoms with Crippen molar-refractivity contribution in [3.05, 3.63) is 52.9 Å². The average Bonchev–Trinajstić information content (AvgIpc) is 3.05. The summed E-state index contributed by atoms with van der Waals surface area (Å²) in [5.41, 5.74) is 0.508. The molecule has 0 unspecified atom stereocenters. The number of anilines is 1. The van der Waals surface area contributed by atoms with Crippen molar-refractivity contribution in [2.75, 3.05) is 5.32 Å². The van der Waals surface area contributed by atoms with E-state index in [2.05, 4.69) is 20.5 Å². The van der Waals surface area contributed by atoms with Gasteiger partial charge in [-0.3, -0.25) is 14.9 Å². The van der Waals surface area contributed by atoms with E-state index in [9.17, 15) is 9.59 Å². The molecule has 0 saturated heterocycles. The Morgan fingerprint density at radius 1 is 1.23 bits per heavy atom. The molecule has 134 valence electrons. The average molecular weight is 373 g/mol. The van der Waals surface area contributed by atoms with E-state index in [0.717, 1.165) is 5.52 Å². The van der Waals surface area contributed by atoms with Gasteiger partial charge in [-0.05, 0) is 45.0 Å². The molecule has 2 heterocycles. The van der Waals surface area contributed by atoms with E-state index >= 15 is 0 Å². The first-order chi connectivity index (χ1) is 12.3. The highest BCUT2D eigenvalue weighted by Crippen LogP contribution is 2.30. The lowest BCUT2D eigenvalue weighted by Crippen LogP contribution is -2.26. The number of amides is 1. The number of halogens is 1. The molecule has 0 bridgehead atoms. The van der Waals surface area contributed by atoms with Crippen LogP contribution in [0.15, 0.2) is 36.7 Å². The van der Waals surface area contributed by atoms with Crippen molar-refractivity contribution in [1.29, 1.82) is 0 Å². The Morgan fingerprint density at radius 2 is 2.00 bits per heavy atom. The number of hydrogen-bond acceptors (Lipinski definition) is 5. The molecule has 7 nitrogen and oxygen atoms in total. The van der Waals surface area contributed by atoms with E-state index in [1.165, 1.54) is 12.3 Å². The number of hydrogen-bond donors (Lipinski definition) is 2. The Labute approximate surface area is 154 Å². The zero-order chi connectivity index (χ0) is 18.9. The number of benzene rings is 1. The lowest BCUT2D eigenvalue weighted by molar-refractivity contribution is 0.00673. The van der Waals surface area contributed by atoms with Crippen LogP contribution in [-0.2, 0) is 4.74 Å². The van der Waals surface area contributed by atoms with Crippen LogP contribution in [0.5, 0.6) is 0 Å². The van der Waals surface area contributed by atoms with Crippen LogP contribution in [0.25, 0.3) is 10.9 Å². The minimum atomic E-state index is -0.684. The smallest absolute Gasteiger partial charge is 0.341 e. The third-order valence-electron chi connectivity index (χ3n) is 3.45. The van der Waals surface area contributed by atoms with Gasteiger partial charge in [-0.25, -0.2) is 4.79 Å². The van der Waals surface area contributed by atoms with E-state index in [1.807, 2.05) is 0 Å². The number of ether oxygens (including phenoxy) is 1. The monoisotopic (exact) mass is 372 g/mol. The Kier molecular flexibility index (Phi) is 4.65. The number of aromatic nitrogens is 3. The highest BCUT2D eigenvalue weighted by molar-refractivity contribution is 6.38. The number of nitrogens with zero attached hydrogens (tertiary/aromatic N) is 2. The van der Waals surface area contributed by atoms with Crippen LogP contribution in [0.1, 0.15) is 41.6 Å². The summed E-state index contributed by atoms with van der Waals surface area (Å²) in [7, 11) is 0. The molecule has 0 fully saturated rings. The van der Waals surface area contributed by atoms with Crippen molar-refractivity contribution in [3.63, 3.8) is 0 Å². The van der Waals surface area contributed by atoms with Crippen LogP contribution >= 0.6 is 11.6 Å². The summed E-state index contributed by atoms with van der Waals surface area (Å²) in [5, 5.41) is 10.4. The van der Waals surface area contributed by atoms with Gasteiger partial charge in [0.25, 0.3) is 5.91 Å². The van der Waals surface area contributed by atoms with E-state index in [0.29, 0.717) is 16.1 Å². The third-order valence-corrected chi connectivity index (χ3v) is 3.86. The van der Waals surface area contributed by atoms with Gasteiger partial charge in [0, 0.05) is 11.6 Å². The topological polar surface area (TPSA) is 97.0 Å². The predicted molar refractivity (Wildman–Crippen MR) is 98.5 cm³/mol. The standard InChI is InChI=1S/C18H17ClN4O3/c1-18(2,3)26-17(25)10-5-4-8-20-15(10)16(24)22-13-7-6-12-11(14(13)19)9-21-23-12/h4-9H,1-3H3,(H,21,23)(H,22,24). The third kappa shape index (κ3) is 3.67. The number of esters is 1. The molecule has 0 aliphatic carbocycles. The molecule has 0 saturated carbocycles. The lowest BCUT2D eigenvalue weighted by atomic mass is 10.1. The quantitative estimate of drug-likeness (QED) is 0.681.